The first-order valence-corrected chi connectivity index (χ1v) is 14.4. The molecule has 8 heteroatoms. The molecule has 5 nitrogen and oxygen atoms in total. The number of piperazine rings is 1. The molecule has 190 valence electrons. The molecule has 4 rings (SSSR count). The molecule has 1 aromatic carbocycles. The standard InChI is InChI=1S/C27H39BBrClN4O/c1-4-6-7-24-18-34(13-12-33(24)17-23(5-2)32-28(3)35)27-25-11-10-22(30)15-19(25)8-9-20-14-21(29)16-31-26(20)27/h10-11,14-16,23-24,27,32,35H,4-9,12-13,17-18H2,1-3H3. The average molecular weight is 562 g/mol. The number of pyridine rings is 1. The van der Waals surface area contributed by atoms with E-state index in [1.54, 1.807) is 0 Å². The lowest BCUT2D eigenvalue weighted by Crippen LogP contribution is -2.57. The van der Waals surface area contributed by atoms with E-state index in [9.17, 15) is 5.02 Å². The Kier molecular flexibility index (Phi) is 9.70. The van der Waals surface area contributed by atoms with Gasteiger partial charge in [0.2, 0.25) is 0 Å². The molecule has 0 spiro atoms. The van der Waals surface area contributed by atoms with Crippen molar-refractivity contribution in [2.45, 2.75) is 77.3 Å². The fourth-order valence-corrected chi connectivity index (χ4v) is 6.38. The number of hydrogen-bond acceptors (Lipinski definition) is 5. The summed E-state index contributed by atoms with van der Waals surface area (Å²) in [5.74, 6) is 0. The summed E-state index contributed by atoms with van der Waals surface area (Å²) < 4.78 is 1.04. The van der Waals surface area contributed by atoms with E-state index in [0.29, 0.717) is 12.1 Å². The summed E-state index contributed by atoms with van der Waals surface area (Å²) >= 11 is 10.1. The van der Waals surface area contributed by atoms with Crippen LogP contribution in [0.5, 0.6) is 0 Å². The van der Waals surface area contributed by atoms with Gasteiger partial charge in [-0.25, -0.2) is 0 Å². The van der Waals surface area contributed by atoms with Crippen molar-refractivity contribution in [1.29, 1.82) is 0 Å². The highest BCUT2D eigenvalue weighted by Crippen LogP contribution is 2.38. The van der Waals surface area contributed by atoms with Gasteiger partial charge < -0.3 is 10.3 Å². The predicted molar refractivity (Wildman–Crippen MR) is 150 cm³/mol. The molecule has 0 saturated carbocycles. The van der Waals surface area contributed by atoms with Crippen LogP contribution >= 0.6 is 27.5 Å². The maximum atomic E-state index is 9.90. The van der Waals surface area contributed by atoms with Crippen LogP contribution in [0.4, 0.5) is 0 Å². The molecule has 2 N–H and O–H groups in total. The third-order valence-electron chi connectivity index (χ3n) is 7.61. The van der Waals surface area contributed by atoms with Crippen molar-refractivity contribution in [2.75, 3.05) is 26.2 Å². The maximum absolute atomic E-state index is 9.90. The molecule has 0 amide bonds. The molecule has 2 heterocycles. The largest absolute Gasteiger partial charge is 0.437 e. The Bertz CT molecular complexity index is 940. The van der Waals surface area contributed by atoms with Crippen LogP contribution in [-0.4, -0.2) is 65.1 Å². The molecule has 3 atom stereocenters. The summed E-state index contributed by atoms with van der Waals surface area (Å²) in [4.78, 5) is 10.3. The first-order valence-electron chi connectivity index (χ1n) is 13.2. The molecule has 35 heavy (non-hydrogen) atoms. The Hall–Kier alpha value is -0.955. The molecule has 1 aliphatic carbocycles. The van der Waals surface area contributed by atoms with Gasteiger partial charge in [-0.05, 0) is 83.3 Å². The van der Waals surface area contributed by atoms with E-state index in [1.807, 2.05) is 19.1 Å². The van der Waals surface area contributed by atoms with Gasteiger partial charge in [0.1, 0.15) is 0 Å². The Morgan fingerprint density at radius 1 is 1.23 bits per heavy atom. The lowest BCUT2D eigenvalue weighted by Gasteiger charge is -2.46. The lowest BCUT2D eigenvalue weighted by molar-refractivity contribution is 0.0452. The van der Waals surface area contributed by atoms with Crippen molar-refractivity contribution in [3.05, 3.63) is 62.3 Å². The van der Waals surface area contributed by atoms with Crippen LogP contribution in [0.15, 0.2) is 34.9 Å². The van der Waals surface area contributed by atoms with E-state index in [1.165, 1.54) is 41.6 Å². The molecule has 1 saturated heterocycles. The van der Waals surface area contributed by atoms with Crippen molar-refractivity contribution in [1.82, 2.24) is 20.0 Å². The summed E-state index contributed by atoms with van der Waals surface area (Å²) in [6.45, 7) is 10.3. The quantitative estimate of drug-likeness (QED) is 0.405. The van der Waals surface area contributed by atoms with E-state index in [-0.39, 0.29) is 6.04 Å². The van der Waals surface area contributed by atoms with E-state index in [4.69, 9.17) is 16.6 Å². The SMILES string of the molecule is CCCCC1CN(C2c3ccc(Cl)cc3CCc3cc(Br)cnc32)CCN1CC(CC)NB(C)O. The minimum atomic E-state index is -0.480. The van der Waals surface area contributed by atoms with E-state index in [2.05, 4.69) is 63.0 Å². The molecule has 1 aromatic heterocycles. The maximum Gasteiger partial charge on any atom is 0.373 e. The van der Waals surface area contributed by atoms with Crippen molar-refractivity contribution in [3.8, 4) is 0 Å². The molecule has 2 aromatic rings. The minimum absolute atomic E-state index is 0.150. The number of nitrogens with zero attached hydrogens (tertiary/aromatic N) is 3. The zero-order valence-corrected chi connectivity index (χ0v) is 23.7. The summed E-state index contributed by atoms with van der Waals surface area (Å²) in [5, 5.41) is 14.1. The first-order chi connectivity index (χ1) is 16.9. The van der Waals surface area contributed by atoms with Crippen LogP contribution < -0.4 is 5.23 Å². The van der Waals surface area contributed by atoms with Crippen molar-refractivity contribution in [2.24, 2.45) is 0 Å². The van der Waals surface area contributed by atoms with Gasteiger partial charge in [-0.3, -0.25) is 14.8 Å². The number of halogens is 2. The third-order valence-corrected chi connectivity index (χ3v) is 8.28. The minimum Gasteiger partial charge on any atom is -0.437 e. The molecule has 2 aliphatic rings. The Morgan fingerprint density at radius 3 is 2.77 bits per heavy atom. The topological polar surface area (TPSA) is 51.6 Å². The van der Waals surface area contributed by atoms with Gasteiger partial charge in [0.15, 0.2) is 0 Å². The highest BCUT2D eigenvalue weighted by atomic mass is 79.9. The second kappa shape index (κ2) is 12.5. The second-order valence-electron chi connectivity index (χ2n) is 10.2. The van der Waals surface area contributed by atoms with Crippen LogP contribution in [0.3, 0.4) is 0 Å². The number of benzene rings is 1. The first kappa shape index (κ1) is 27.1. The predicted octanol–water partition coefficient (Wildman–Crippen LogP) is 5.34. The van der Waals surface area contributed by atoms with Gasteiger partial charge in [-0.1, -0.05) is 44.4 Å². The summed E-state index contributed by atoms with van der Waals surface area (Å²) in [6.07, 6.45) is 8.55. The molecule has 3 unspecified atom stereocenters. The number of rotatable bonds is 9. The molecular formula is C27H39BBrClN4O. The summed E-state index contributed by atoms with van der Waals surface area (Å²) in [7, 11) is -0.480. The fourth-order valence-electron chi connectivity index (χ4n) is 5.81. The number of unbranched alkanes of at least 4 members (excludes halogenated alkanes) is 1. The van der Waals surface area contributed by atoms with Crippen LogP contribution in [0.2, 0.25) is 11.8 Å². The molecule has 0 bridgehead atoms. The number of nitrogens with one attached hydrogen (secondary N) is 1. The fraction of sp³-hybridized carbons (Fsp3) is 0.593. The summed E-state index contributed by atoms with van der Waals surface area (Å²) in [6, 6.07) is 9.61. The zero-order valence-electron chi connectivity index (χ0n) is 21.3. The van der Waals surface area contributed by atoms with Crippen molar-refractivity contribution in [3.63, 3.8) is 0 Å². The van der Waals surface area contributed by atoms with Crippen LogP contribution in [0, 0.1) is 0 Å². The van der Waals surface area contributed by atoms with Crippen molar-refractivity contribution >= 4 is 34.6 Å². The number of fused-ring (bicyclic) bond motifs is 2. The van der Waals surface area contributed by atoms with Crippen molar-refractivity contribution < 1.29 is 5.02 Å². The smallest absolute Gasteiger partial charge is 0.373 e. The molecule has 1 aliphatic heterocycles. The van der Waals surface area contributed by atoms with Gasteiger partial charge in [0.05, 0.1) is 11.7 Å². The summed E-state index contributed by atoms with van der Waals surface area (Å²) in [5.41, 5.74) is 5.22. The average Bonchev–Trinajstić information content (AvgIpc) is 2.98. The second-order valence-corrected chi connectivity index (χ2v) is 11.5. The van der Waals surface area contributed by atoms with E-state index >= 15 is 0 Å². The highest BCUT2D eigenvalue weighted by Gasteiger charge is 2.36. The number of hydrogen-bond donors (Lipinski definition) is 2. The van der Waals surface area contributed by atoms with Crippen LogP contribution in [-0.2, 0) is 12.8 Å². The normalized spacial score (nSPS) is 21.8. The zero-order chi connectivity index (χ0) is 24.9. The third kappa shape index (κ3) is 6.68. The lowest BCUT2D eigenvalue weighted by atomic mass is 9.86. The molecule has 0 radical (unpaired) electrons. The van der Waals surface area contributed by atoms with E-state index in [0.717, 1.165) is 54.9 Å². The van der Waals surface area contributed by atoms with Gasteiger partial charge in [0, 0.05) is 54.0 Å². The number of aryl methyl sites for hydroxylation is 2. The van der Waals surface area contributed by atoms with Gasteiger partial charge in [-0.15, -0.1) is 0 Å². The van der Waals surface area contributed by atoms with Gasteiger partial charge in [-0.2, -0.15) is 0 Å². The Balaban J connectivity index is 1.64. The van der Waals surface area contributed by atoms with Gasteiger partial charge in [0.25, 0.3) is 0 Å². The Labute approximate surface area is 224 Å². The number of aromatic nitrogens is 1. The van der Waals surface area contributed by atoms with E-state index < -0.39 is 7.05 Å². The Morgan fingerprint density at radius 2 is 2.03 bits per heavy atom. The highest BCUT2D eigenvalue weighted by molar-refractivity contribution is 9.10. The van der Waals surface area contributed by atoms with Crippen LogP contribution in [0.25, 0.3) is 0 Å². The van der Waals surface area contributed by atoms with Crippen LogP contribution in [0.1, 0.15) is 68.0 Å². The molecule has 1 fully saturated rings. The molecular weight excluding hydrogens is 522 g/mol. The monoisotopic (exact) mass is 560 g/mol. The van der Waals surface area contributed by atoms with Gasteiger partial charge >= 0.3 is 7.05 Å².